The van der Waals surface area contributed by atoms with E-state index in [4.69, 9.17) is 0 Å². The number of hydrogen-bond acceptors (Lipinski definition) is 4. The minimum atomic E-state index is -0.393. The molecule has 132 valence electrons. The van der Waals surface area contributed by atoms with Crippen LogP contribution in [0.2, 0.25) is 0 Å². The van der Waals surface area contributed by atoms with Gasteiger partial charge in [0.05, 0.1) is 4.92 Å². The van der Waals surface area contributed by atoms with E-state index in [1.807, 2.05) is 20.8 Å². The number of piperidine rings is 1. The summed E-state index contributed by atoms with van der Waals surface area (Å²) in [6, 6.07) is 4.81. The first kappa shape index (κ1) is 18.2. The van der Waals surface area contributed by atoms with E-state index >= 15 is 0 Å². The standard InChI is InChI=1S/C18H27N3O3/c1-12(2)14(4)19-18(22)15-5-6-16(17(11-15)21(23)24)20-9-7-13(3)8-10-20/h5-6,11-14H,7-10H2,1-4H3,(H,19,22). The van der Waals surface area contributed by atoms with Crippen LogP contribution in [-0.4, -0.2) is 30.0 Å². The number of hydrogen-bond donors (Lipinski definition) is 1. The molecule has 24 heavy (non-hydrogen) atoms. The molecule has 1 fully saturated rings. The summed E-state index contributed by atoms with van der Waals surface area (Å²) >= 11 is 0. The fourth-order valence-electron chi connectivity index (χ4n) is 2.78. The summed E-state index contributed by atoms with van der Waals surface area (Å²) in [5, 5.41) is 14.4. The van der Waals surface area contributed by atoms with Crippen molar-refractivity contribution in [3.63, 3.8) is 0 Å². The van der Waals surface area contributed by atoms with Gasteiger partial charge in [0.25, 0.3) is 11.6 Å². The highest BCUT2D eigenvalue weighted by Gasteiger charge is 2.25. The van der Waals surface area contributed by atoms with E-state index in [9.17, 15) is 14.9 Å². The fourth-order valence-corrected chi connectivity index (χ4v) is 2.78. The number of nitrogens with one attached hydrogen (secondary N) is 1. The minimum Gasteiger partial charge on any atom is -0.366 e. The molecule has 1 aromatic carbocycles. The van der Waals surface area contributed by atoms with Gasteiger partial charge in [-0.1, -0.05) is 20.8 Å². The van der Waals surface area contributed by atoms with Crippen molar-refractivity contribution in [1.29, 1.82) is 0 Å². The molecule has 0 bridgehead atoms. The highest BCUT2D eigenvalue weighted by molar-refractivity contribution is 5.96. The van der Waals surface area contributed by atoms with Gasteiger partial charge in [-0.2, -0.15) is 0 Å². The highest BCUT2D eigenvalue weighted by atomic mass is 16.6. The van der Waals surface area contributed by atoms with Gasteiger partial charge < -0.3 is 10.2 Å². The number of anilines is 1. The lowest BCUT2D eigenvalue weighted by Gasteiger charge is -2.31. The van der Waals surface area contributed by atoms with Crippen molar-refractivity contribution in [2.24, 2.45) is 11.8 Å². The van der Waals surface area contributed by atoms with Crippen LogP contribution < -0.4 is 10.2 Å². The molecule has 1 heterocycles. The Morgan fingerprint density at radius 3 is 2.46 bits per heavy atom. The first-order chi connectivity index (χ1) is 11.3. The molecule has 1 aliphatic heterocycles. The maximum Gasteiger partial charge on any atom is 0.293 e. The van der Waals surface area contributed by atoms with E-state index in [0.717, 1.165) is 25.9 Å². The quantitative estimate of drug-likeness (QED) is 0.660. The normalized spacial score (nSPS) is 17.0. The molecule has 6 heteroatoms. The van der Waals surface area contributed by atoms with E-state index in [0.29, 0.717) is 23.1 Å². The molecule has 1 amide bonds. The molecule has 0 saturated carbocycles. The van der Waals surface area contributed by atoms with Crippen molar-refractivity contribution in [3.8, 4) is 0 Å². The topological polar surface area (TPSA) is 75.5 Å². The van der Waals surface area contributed by atoms with Crippen molar-refractivity contribution in [1.82, 2.24) is 5.32 Å². The zero-order valence-electron chi connectivity index (χ0n) is 14.9. The van der Waals surface area contributed by atoms with Gasteiger partial charge in [-0.05, 0) is 43.7 Å². The number of amides is 1. The Balaban J connectivity index is 2.23. The molecule has 1 aliphatic rings. The molecule has 0 aromatic heterocycles. The molecule has 0 aliphatic carbocycles. The largest absolute Gasteiger partial charge is 0.366 e. The van der Waals surface area contributed by atoms with Crippen LogP contribution in [-0.2, 0) is 0 Å². The van der Waals surface area contributed by atoms with Crippen molar-refractivity contribution in [3.05, 3.63) is 33.9 Å². The van der Waals surface area contributed by atoms with Gasteiger partial charge in [0.15, 0.2) is 0 Å². The first-order valence-corrected chi connectivity index (χ1v) is 8.63. The van der Waals surface area contributed by atoms with Crippen LogP contribution in [0.5, 0.6) is 0 Å². The third kappa shape index (κ3) is 4.24. The first-order valence-electron chi connectivity index (χ1n) is 8.63. The summed E-state index contributed by atoms with van der Waals surface area (Å²) in [5.41, 5.74) is 0.957. The van der Waals surface area contributed by atoms with Crippen LogP contribution in [0.3, 0.4) is 0 Å². The van der Waals surface area contributed by atoms with Crippen LogP contribution in [0, 0.1) is 22.0 Å². The van der Waals surface area contributed by atoms with Crippen LogP contribution in [0.1, 0.15) is 50.9 Å². The number of benzene rings is 1. The zero-order valence-corrected chi connectivity index (χ0v) is 14.9. The van der Waals surface area contributed by atoms with Gasteiger partial charge in [0.2, 0.25) is 0 Å². The van der Waals surface area contributed by atoms with Gasteiger partial charge >= 0.3 is 0 Å². The lowest BCUT2D eigenvalue weighted by Crippen LogP contribution is -2.36. The molecular formula is C18H27N3O3. The molecule has 1 N–H and O–H groups in total. The van der Waals surface area contributed by atoms with E-state index in [1.165, 1.54) is 6.07 Å². The van der Waals surface area contributed by atoms with Gasteiger partial charge in [-0.25, -0.2) is 0 Å². The van der Waals surface area contributed by atoms with Crippen molar-refractivity contribution >= 4 is 17.3 Å². The summed E-state index contributed by atoms with van der Waals surface area (Å²) in [5.74, 6) is 0.694. The smallest absolute Gasteiger partial charge is 0.293 e. The summed E-state index contributed by atoms with van der Waals surface area (Å²) < 4.78 is 0. The van der Waals surface area contributed by atoms with Gasteiger partial charge in [0.1, 0.15) is 5.69 Å². The molecule has 1 unspecified atom stereocenters. The highest BCUT2D eigenvalue weighted by Crippen LogP contribution is 2.32. The van der Waals surface area contributed by atoms with E-state index in [-0.39, 0.29) is 17.6 Å². The number of nitrogens with zero attached hydrogens (tertiary/aromatic N) is 2. The van der Waals surface area contributed by atoms with Crippen LogP contribution in [0.25, 0.3) is 0 Å². The SMILES string of the molecule is CC1CCN(c2ccc(C(=O)NC(C)C(C)C)cc2[N+](=O)[O-])CC1. The summed E-state index contributed by atoms with van der Waals surface area (Å²) in [6.45, 7) is 9.81. The summed E-state index contributed by atoms with van der Waals surface area (Å²) in [6.07, 6.45) is 2.07. The summed E-state index contributed by atoms with van der Waals surface area (Å²) in [4.78, 5) is 25.5. The monoisotopic (exact) mass is 333 g/mol. The third-order valence-corrected chi connectivity index (χ3v) is 4.92. The number of nitro benzene ring substituents is 1. The molecule has 1 saturated heterocycles. The van der Waals surface area contributed by atoms with E-state index < -0.39 is 4.92 Å². The van der Waals surface area contributed by atoms with Crippen molar-refractivity contribution < 1.29 is 9.72 Å². The van der Waals surface area contributed by atoms with E-state index in [2.05, 4.69) is 17.1 Å². The molecule has 6 nitrogen and oxygen atoms in total. The lowest BCUT2D eigenvalue weighted by atomic mass is 9.98. The van der Waals surface area contributed by atoms with Crippen LogP contribution in [0.15, 0.2) is 18.2 Å². The Morgan fingerprint density at radius 2 is 1.92 bits per heavy atom. The average Bonchev–Trinajstić information content (AvgIpc) is 2.54. The van der Waals surface area contributed by atoms with Crippen LogP contribution >= 0.6 is 0 Å². The molecule has 1 atom stereocenters. The molecule has 2 rings (SSSR count). The third-order valence-electron chi connectivity index (χ3n) is 4.92. The second kappa shape index (κ2) is 7.64. The number of nitro groups is 1. The van der Waals surface area contributed by atoms with Gasteiger partial charge in [-0.3, -0.25) is 14.9 Å². The number of carbonyl (C=O) groups excluding carboxylic acids is 1. The van der Waals surface area contributed by atoms with E-state index in [1.54, 1.807) is 12.1 Å². The Labute approximate surface area is 143 Å². The van der Waals surface area contributed by atoms with Crippen LogP contribution in [0.4, 0.5) is 11.4 Å². The molecular weight excluding hydrogens is 306 g/mol. The molecule has 1 aromatic rings. The second-order valence-electron chi connectivity index (χ2n) is 7.14. The Morgan fingerprint density at radius 1 is 1.29 bits per heavy atom. The van der Waals surface area contributed by atoms with Gasteiger partial charge in [-0.15, -0.1) is 0 Å². The maximum atomic E-state index is 12.3. The molecule has 0 spiro atoms. The minimum absolute atomic E-state index is 0.00871. The number of rotatable bonds is 5. The maximum absolute atomic E-state index is 12.3. The predicted molar refractivity (Wildman–Crippen MR) is 95.5 cm³/mol. The fraction of sp³-hybridized carbons (Fsp3) is 0.611. The van der Waals surface area contributed by atoms with Crippen molar-refractivity contribution in [2.75, 3.05) is 18.0 Å². The Kier molecular flexibility index (Phi) is 5.80. The Bertz CT molecular complexity index is 608. The van der Waals surface area contributed by atoms with Gasteiger partial charge in [0, 0.05) is 30.8 Å². The molecule has 0 radical (unpaired) electrons. The Hall–Kier alpha value is -2.11. The second-order valence-corrected chi connectivity index (χ2v) is 7.14. The zero-order chi connectivity index (χ0) is 17.9. The summed E-state index contributed by atoms with van der Waals surface area (Å²) in [7, 11) is 0. The number of carbonyl (C=O) groups is 1. The van der Waals surface area contributed by atoms with Crippen molar-refractivity contribution in [2.45, 2.75) is 46.6 Å². The predicted octanol–water partition coefficient (Wildman–Crippen LogP) is 3.61. The average molecular weight is 333 g/mol. The lowest BCUT2D eigenvalue weighted by molar-refractivity contribution is -0.384.